The zero-order valence-electron chi connectivity index (χ0n) is 11.9. The van der Waals surface area contributed by atoms with E-state index >= 15 is 0 Å². The van der Waals surface area contributed by atoms with E-state index in [4.69, 9.17) is 5.73 Å². The fourth-order valence-electron chi connectivity index (χ4n) is 1.92. The van der Waals surface area contributed by atoms with Crippen molar-refractivity contribution in [1.29, 1.82) is 0 Å². The third-order valence-corrected chi connectivity index (χ3v) is 3.13. The van der Waals surface area contributed by atoms with Crippen molar-refractivity contribution in [1.82, 2.24) is 19.7 Å². The Morgan fingerprint density at radius 2 is 1.95 bits per heavy atom. The van der Waals surface area contributed by atoms with Gasteiger partial charge in [0.25, 0.3) is 0 Å². The lowest BCUT2D eigenvalue weighted by atomic mass is 10.2. The molecule has 0 aliphatic heterocycles. The van der Waals surface area contributed by atoms with Crippen LogP contribution in [-0.4, -0.2) is 38.7 Å². The SMILES string of the molecule is CCN(CC)C(N)=NCc1ccc(-n2cncn2)cc1. The summed E-state index contributed by atoms with van der Waals surface area (Å²) in [5.74, 6) is 0.593. The number of hydrogen-bond donors (Lipinski definition) is 1. The van der Waals surface area contributed by atoms with Crippen molar-refractivity contribution in [3.63, 3.8) is 0 Å². The maximum absolute atomic E-state index is 5.95. The average molecular weight is 272 g/mol. The Morgan fingerprint density at radius 1 is 1.25 bits per heavy atom. The average Bonchev–Trinajstić information content (AvgIpc) is 3.01. The highest BCUT2D eigenvalue weighted by Gasteiger charge is 2.02. The zero-order valence-corrected chi connectivity index (χ0v) is 11.9. The van der Waals surface area contributed by atoms with Gasteiger partial charge in [-0.25, -0.2) is 14.7 Å². The first kappa shape index (κ1) is 14.0. The number of nitrogens with zero attached hydrogens (tertiary/aromatic N) is 5. The molecule has 0 atom stereocenters. The van der Waals surface area contributed by atoms with Crippen molar-refractivity contribution in [3.8, 4) is 5.69 Å². The van der Waals surface area contributed by atoms with Gasteiger partial charge in [0, 0.05) is 13.1 Å². The van der Waals surface area contributed by atoms with Gasteiger partial charge in [0.15, 0.2) is 5.96 Å². The molecule has 0 radical (unpaired) electrons. The quantitative estimate of drug-likeness (QED) is 0.660. The fourth-order valence-corrected chi connectivity index (χ4v) is 1.92. The summed E-state index contributed by atoms with van der Waals surface area (Å²) < 4.78 is 1.72. The van der Waals surface area contributed by atoms with Crippen molar-refractivity contribution in [2.24, 2.45) is 10.7 Å². The highest BCUT2D eigenvalue weighted by Crippen LogP contribution is 2.09. The Kier molecular flexibility index (Phi) is 4.70. The van der Waals surface area contributed by atoms with E-state index in [0.717, 1.165) is 24.3 Å². The van der Waals surface area contributed by atoms with Gasteiger partial charge in [-0.05, 0) is 31.5 Å². The summed E-state index contributed by atoms with van der Waals surface area (Å²) in [6.07, 6.45) is 3.19. The molecule has 0 bridgehead atoms. The molecule has 1 heterocycles. The lowest BCUT2D eigenvalue weighted by Gasteiger charge is -2.19. The van der Waals surface area contributed by atoms with Gasteiger partial charge in [-0.15, -0.1) is 0 Å². The predicted octanol–water partition coefficient (Wildman–Crippen LogP) is 1.42. The molecule has 6 heteroatoms. The van der Waals surface area contributed by atoms with Crippen LogP contribution < -0.4 is 5.73 Å². The van der Waals surface area contributed by atoms with Crippen LogP contribution in [0.3, 0.4) is 0 Å². The smallest absolute Gasteiger partial charge is 0.191 e. The van der Waals surface area contributed by atoms with E-state index in [2.05, 4.69) is 28.9 Å². The molecule has 0 aliphatic rings. The number of aromatic nitrogens is 3. The predicted molar refractivity (Wildman–Crippen MR) is 79.6 cm³/mol. The van der Waals surface area contributed by atoms with E-state index in [-0.39, 0.29) is 0 Å². The number of nitrogens with two attached hydrogens (primary N) is 1. The minimum Gasteiger partial charge on any atom is -0.370 e. The first-order valence-corrected chi connectivity index (χ1v) is 6.73. The second-order valence-electron chi connectivity index (χ2n) is 4.35. The third kappa shape index (κ3) is 3.34. The summed E-state index contributed by atoms with van der Waals surface area (Å²) >= 11 is 0. The van der Waals surface area contributed by atoms with Crippen LogP contribution in [0.2, 0.25) is 0 Å². The molecule has 106 valence electrons. The van der Waals surface area contributed by atoms with Crippen molar-refractivity contribution >= 4 is 5.96 Å². The molecule has 0 unspecified atom stereocenters. The minimum atomic E-state index is 0.583. The minimum absolute atomic E-state index is 0.583. The molecular weight excluding hydrogens is 252 g/mol. The fraction of sp³-hybridized carbons (Fsp3) is 0.357. The van der Waals surface area contributed by atoms with Crippen molar-refractivity contribution < 1.29 is 0 Å². The first-order chi connectivity index (χ1) is 9.74. The van der Waals surface area contributed by atoms with E-state index in [1.54, 1.807) is 11.0 Å². The largest absolute Gasteiger partial charge is 0.370 e. The molecular formula is C14H20N6. The van der Waals surface area contributed by atoms with Crippen LogP contribution in [0.1, 0.15) is 19.4 Å². The molecule has 0 amide bonds. The topological polar surface area (TPSA) is 72.3 Å². The molecule has 0 saturated heterocycles. The van der Waals surface area contributed by atoms with Crippen LogP contribution in [-0.2, 0) is 6.54 Å². The molecule has 0 spiro atoms. The summed E-state index contributed by atoms with van der Waals surface area (Å²) in [5.41, 5.74) is 8.04. The second kappa shape index (κ2) is 6.70. The normalized spacial score (nSPS) is 11.6. The van der Waals surface area contributed by atoms with Gasteiger partial charge in [0.1, 0.15) is 12.7 Å². The molecule has 2 aromatic rings. The number of benzene rings is 1. The summed E-state index contributed by atoms with van der Waals surface area (Å²) in [6, 6.07) is 8.03. The van der Waals surface area contributed by atoms with Crippen molar-refractivity contribution in [2.45, 2.75) is 20.4 Å². The van der Waals surface area contributed by atoms with Crippen LogP contribution >= 0.6 is 0 Å². The van der Waals surface area contributed by atoms with Crippen LogP contribution in [0.5, 0.6) is 0 Å². The number of guanidine groups is 1. The van der Waals surface area contributed by atoms with Crippen molar-refractivity contribution in [2.75, 3.05) is 13.1 Å². The maximum Gasteiger partial charge on any atom is 0.191 e. The van der Waals surface area contributed by atoms with E-state index in [1.807, 2.05) is 29.2 Å². The molecule has 2 N–H and O–H groups in total. The van der Waals surface area contributed by atoms with Crippen LogP contribution in [0.15, 0.2) is 41.9 Å². The van der Waals surface area contributed by atoms with Crippen LogP contribution in [0, 0.1) is 0 Å². The van der Waals surface area contributed by atoms with E-state index in [0.29, 0.717) is 12.5 Å². The molecule has 1 aromatic carbocycles. The molecule has 1 aromatic heterocycles. The third-order valence-electron chi connectivity index (χ3n) is 3.13. The van der Waals surface area contributed by atoms with Gasteiger partial charge in [0.2, 0.25) is 0 Å². The lowest BCUT2D eigenvalue weighted by Crippen LogP contribution is -2.37. The van der Waals surface area contributed by atoms with Crippen LogP contribution in [0.4, 0.5) is 0 Å². The molecule has 0 saturated carbocycles. The Labute approximate surface area is 119 Å². The first-order valence-electron chi connectivity index (χ1n) is 6.73. The van der Waals surface area contributed by atoms with Gasteiger partial charge in [-0.1, -0.05) is 12.1 Å². The number of hydrogen-bond acceptors (Lipinski definition) is 3. The Morgan fingerprint density at radius 3 is 2.50 bits per heavy atom. The van der Waals surface area contributed by atoms with Crippen LogP contribution in [0.25, 0.3) is 5.69 Å². The molecule has 0 fully saturated rings. The summed E-state index contributed by atoms with van der Waals surface area (Å²) in [4.78, 5) is 10.4. The second-order valence-corrected chi connectivity index (χ2v) is 4.35. The zero-order chi connectivity index (χ0) is 14.4. The molecule has 6 nitrogen and oxygen atoms in total. The highest BCUT2D eigenvalue weighted by molar-refractivity contribution is 5.78. The monoisotopic (exact) mass is 272 g/mol. The molecule has 2 rings (SSSR count). The van der Waals surface area contributed by atoms with Gasteiger partial charge in [0.05, 0.1) is 12.2 Å². The van der Waals surface area contributed by atoms with Gasteiger partial charge >= 0.3 is 0 Å². The van der Waals surface area contributed by atoms with Crippen molar-refractivity contribution in [3.05, 3.63) is 42.5 Å². The van der Waals surface area contributed by atoms with E-state index in [1.165, 1.54) is 6.33 Å². The molecule has 0 aliphatic carbocycles. The lowest BCUT2D eigenvalue weighted by molar-refractivity contribution is 0.458. The number of rotatable bonds is 5. The standard InChI is InChI=1S/C14H20N6/c1-3-19(4-2)14(15)17-9-12-5-7-13(8-6-12)20-11-16-10-18-20/h5-8,10-11H,3-4,9H2,1-2H3,(H2,15,17). The summed E-state index contributed by atoms with van der Waals surface area (Å²) in [5, 5.41) is 4.09. The van der Waals surface area contributed by atoms with E-state index in [9.17, 15) is 0 Å². The Balaban J connectivity index is 2.02. The number of aliphatic imine (C=N–C) groups is 1. The molecule has 20 heavy (non-hydrogen) atoms. The highest BCUT2D eigenvalue weighted by atomic mass is 15.3. The van der Waals surface area contributed by atoms with Gasteiger partial charge in [-0.2, -0.15) is 5.10 Å². The van der Waals surface area contributed by atoms with E-state index < -0.39 is 0 Å². The van der Waals surface area contributed by atoms with Gasteiger partial charge in [-0.3, -0.25) is 0 Å². The Hall–Kier alpha value is -2.37. The van der Waals surface area contributed by atoms with Gasteiger partial charge < -0.3 is 10.6 Å². The summed E-state index contributed by atoms with van der Waals surface area (Å²) in [6.45, 7) is 6.46. The maximum atomic E-state index is 5.95. The Bertz CT molecular complexity index is 540. The summed E-state index contributed by atoms with van der Waals surface area (Å²) in [7, 11) is 0.